The number of nitrogens with zero attached hydrogens (tertiary/aromatic N) is 3. The van der Waals surface area contributed by atoms with Crippen LogP contribution < -0.4 is 5.32 Å². The van der Waals surface area contributed by atoms with Gasteiger partial charge in [-0.05, 0) is 26.0 Å². The normalized spacial score (nSPS) is 11.0. The molecule has 0 unspecified atom stereocenters. The van der Waals surface area contributed by atoms with Crippen molar-refractivity contribution in [2.24, 2.45) is 0 Å². The highest BCUT2D eigenvalue weighted by atomic mass is 32.2. The number of nitrogens with one attached hydrogen (secondary N) is 2. The lowest BCUT2D eigenvalue weighted by Gasteiger charge is -2.09. The molecule has 1 amide bonds. The van der Waals surface area contributed by atoms with E-state index in [2.05, 4.69) is 39.3 Å². The summed E-state index contributed by atoms with van der Waals surface area (Å²) in [6, 6.07) is 1.84. The fourth-order valence-corrected chi connectivity index (χ4v) is 2.63. The van der Waals surface area contributed by atoms with Gasteiger partial charge < -0.3 is 5.32 Å². The molecule has 0 saturated heterocycles. The molecule has 2 heterocycles. The largest absolute Gasteiger partial charge is 0.305 e. The van der Waals surface area contributed by atoms with Crippen LogP contribution >= 0.6 is 11.8 Å². The number of H-pyrrole nitrogens is 1. The second-order valence-corrected chi connectivity index (χ2v) is 5.85. The Hall–Kier alpha value is -1.89. The fraction of sp³-hybridized carbons (Fsp3) is 0.429. The number of carbonyl (C=O) groups excluding carboxylic acids is 1. The monoisotopic (exact) mass is 305 g/mol. The summed E-state index contributed by atoms with van der Waals surface area (Å²) in [5.41, 5.74) is 2.15. The van der Waals surface area contributed by atoms with Gasteiger partial charge in [0.15, 0.2) is 5.82 Å². The summed E-state index contributed by atoms with van der Waals surface area (Å²) >= 11 is 1.43. The zero-order valence-electron chi connectivity index (χ0n) is 12.8. The zero-order chi connectivity index (χ0) is 15.6. The molecule has 2 rings (SSSR count). The van der Waals surface area contributed by atoms with Crippen molar-refractivity contribution in [1.82, 2.24) is 20.2 Å². The summed E-state index contributed by atoms with van der Waals surface area (Å²) in [4.78, 5) is 21.0. The minimum Gasteiger partial charge on any atom is -0.305 e. The predicted molar refractivity (Wildman–Crippen MR) is 83.9 cm³/mol. The number of amides is 1. The maximum absolute atomic E-state index is 12.4. The number of rotatable bonds is 4. The van der Waals surface area contributed by atoms with Gasteiger partial charge in [0.2, 0.25) is 0 Å². The Morgan fingerprint density at radius 1 is 1.33 bits per heavy atom. The smallest absolute Gasteiger partial charge is 0.261 e. The second kappa shape index (κ2) is 6.26. The van der Waals surface area contributed by atoms with Crippen molar-refractivity contribution >= 4 is 23.5 Å². The molecular weight excluding hydrogens is 286 g/mol. The third-order valence-electron chi connectivity index (χ3n) is 3.05. The topological polar surface area (TPSA) is 83.6 Å². The number of hydrogen-bond donors (Lipinski definition) is 2. The van der Waals surface area contributed by atoms with E-state index in [1.54, 1.807) is 0 Å². The van der Waals surface area contributed by atoms with Crippen molar-refractivity contribution in [3.8, 4) is 0 Å². The minimum absolute atomic E-state index is 0.237. The van der Waals surface area contributed by atoms with Crippen molar-refractivity contribution < 1.29 is 4.79 Å². The van der Waals surface area contributed by atoms with Gasteiger partial charge in [0.05, 0.1) is 11.3 Å². The number of hydrogen-bond acceptors (Lipinski definition) is 5. The first kappa shape index (κ1) is 15.5. The maximum atomic E-state index is 12.4. The molecule has 0 aliphatic rings. The van der Waals surface area contributed by atoms with Gasteiger partial charge in [-0.25, -0.2) is 9.97 Å². The molecule has 21 heavy (non-hydrogen) atoms. The summed E-state index contributed by atoms with van der Waals surface area (Å²) in [5.74, 6) is 1.26. The molecule has 6 nitrogen and oxygen atoms in total. The highest BCUT2D eigenvalue weighted by molar-refractivity contribution is 7.98. The second-order valence-electron chi connectivity index (χ2n) is 5.06. The van der Waals surface area contributed by atoms with E-state index in [0.29, 0.717) is 33.8 Å². The Bertz CT molecular complexity index is 665. The molecule has 7 heteroatoms. The van der Waals surface area contributed by atoms with Gasteiger partial charge in [0.25, 0.3) is 5.91 Å². The van der Waals surface area contributed by atoms with Gasteiger partial charge in [-0.15, -0.1) is 11.8 Å². The van der Waals surface area contributed by atoms with E-state index in [9.17, 15) is 4.79 Å². The average Bonchev–Trinajstić information content (AvgIpc) is 2.86. The molecule has 0 aliphatic heterocycles. The molecule has 0 aromatic carbocycles. The Labute approximate surface area is 128 Å². The molecule has 2 N–H and O–H groups in total. The number of carbonyl (C=O) groups is 1. The van der Waals surface area contributed by atoms with Crippen LogP contribution in [0.4, 0.5) is 5.82 Å². The highest BCUT2D eigenvalue weighted by Crippen LogP contribution is 2.22. The van der Waals surface area contributed by atoms with Gasteiger partial charge in [0.1, 0.15) is 10.9 Å². The van der Waals surface area contributed by atoms with Gasteiger partial charge >= 0.3 is 0 Å². The first-order valence-electron chi connectivity index (χ1n) is 6.68. The van der Waals surface area contributed by atoms with Crippen LogP contribution in [0.5, 0.6) is 0 Å². The van der Waals surface area contributed by atoms with Crippen LogP contribution in [0, 0.1) is 13.8 Å². The summed E-state index contributed by atoms with van der Waals surface area (Å²) in [6.45, 7) is 7.75. The standard InChI is InChI=1S/C14H19N5OS/c1-7(2)10-6-11(19-18-10)17-13(20)12-8(3)15-9(4)16-14(12)21-5/h6-7H,1-5H3,(H2,17,18,19,20). The van der Waals surface area contributed by atoms with Gasteiger partial charge in [0, 0.05) is 11.8 Å². The van der Waals surface area contributed by atoms with Crippen LogP contribution in [0.2, 0.25) is 0 Å². The van der Waals surface area contributed by atoms with E-state index in [-0.39, 0.29) is 5.91 Å². The summed E-state index contributed by atoms with van der Waals surface area (Å²) in [5, 5.41) is 10.5. The molecule has 0 aliphatic carbocycles. The molecule has 0 saturated carbocycles. The third-order valence-corrected chi connectivity index (χ3v) is 3.73. The Balaban J connectivity index is 2.27. The van der Waals surface area contributed by atoms with Crippen molar-refractivity contribution in [1.29, 1.82) is 0 Å². The summed E-state index contributed by atoms with van der Waals surface area (Å²) in [7, 11) is 0. The Morgan fingerprint density at radius 2 is 2.05 bits per heavy atom. The van der Waals surface area contributed by atoms with Crippen molar-refractivity contribution in [3.63, 3.8) is 0 Å². The molecule has 2 aromatic rings. The van der Waals surface area contributed by atoms with E-state index in [1.807, 2.05) is 26.2 Å². The number of thioether (sulfide) groups is 1. The van der Waals surface area contributed by atoms with Crippen LogP contribution in [0.3, 0.4) is 0 Å². The van der Waals surface area contributed by atoms with Crippen LogP contribution in [0.25, 0.3) is 0 Å². The fourth-order valence-electron chi connectivity index (χ4n) is 1.97. The maximum Gasteiger partial charge on any atom is 0.261 e. The van der Waals surface area contributed by atoms with Gasteiger partial charge in [-0.2, -0.15) is 5.10 Å². The quantitative estimate of drug-likeness (QED) is 0.670. The van der Waals surface area contributed by atoms with Gasteiger partial charge in [-0.3, -0.25) is 9.89 Å². The third kappa shape index (κ3) is 3.41. The van der Waals surface area contributed by atoms with E-state index in [1.165, 1.54) is 11.8 Å². The number of aryl methyl sites for hydroxylation is 2. The predicted octanol–water partition coefficient (Wildman–Crippen LogP) is 2.91. The highest BCUT2D eigenvalue weighted by Gasteiger charge is 2.18. The van der Waals surface area contributed by atoms with Crippen LogP contribution in [-0.4, -0.2) is 32.3 Å². The lowest BCUT2D eigenvalue weighted by atomic mass is 10.1. The molecule has 112 valence electrons. The van der Waals surface area contributed by atoms with E-state index in [4.69, 9.17) is 0 Å². The van der Waals surface area contributed by atoms with E-state index >= 15 is 0 Å². The summed E-state index contributed by atoms with van der Waals surface area (Å²) < 4.78 is 0. The Kier molecular flexibility index (Phi) is 4.62. The lowest BCUT2D eigenvalue weighted by Crippen LogP contribution is -2.17. The minimum atomic E-state index is -0.237. The molecule has 2 aromatic heterocycles. The molecule has 0 spiro atoms. The number of aromatic nitrogens is 4. The lowest BCUT2D eigenvalue weighted by molar-refractivity contribution is 0.102. The van der Waals surface area contributed by atoms with E-state index in [0.717, 1.165) is 5.69 Å². The van der Waals surface area contributed by atoms with Crippen LogP contribution in [-0.2, 0) is 0 Å². The molecule has 0 radical (unpaired) electrons. The number of aromatic amines is 1. The van der Waals surface area contributed by atoms with Crippen molar-refractivity contribution in [3.05, 3.63) is 28.8 Å². The first-order valence-corrected chi connectivity index (χ1v) is 7.90. The molecular formula is C14H19N5OS. The number of anilines is 1. The molecule has 0 fully saturated rings. The van der Waals surface area contributed by atoms with E-state index < -0.39 is 0 Å². The van der Waals surface area contributed by atoms with Crippen molar-refractivity contribution in [2.75, 3.05) is 11.6 Å². The SMILES string of the molecule is CSc1nc(C)nc(C)c1C(=O)Nc1cc(C(C)C)[nH]n1. The van der Waals surface area contributed by atoms with Crippen LogP contribution in [0.15, 0.2) is 11.1 Å². The van der Waals surface area contributed by atoms with Gasteiger partial charge in [-0.1, -0.05) is 13.8 Å². The van der Waals surface area contributed by atoms with Crippen molar-refractivity contribution in [2.45, 2.75) is 38.6 Å². The molecule has 0 atom stereocenters. The first-order chi connectivity index (χ1) is 9.92. The average molecular weight is 305 g/mol. The molecule has 0 bridgehead atoms. The zero-order valence-corrected chi connectivity index (χ0v) is 13.6. The van der Waals surface area contributed by atoms with Crippen LogP contribution in [0.1, 0.15) is 47.3 Å². The Morgan fingerprint density at radius 3 is 2.62 bits per heavy atom. The summed E-state index contributed by atoms with van der Waals surface area (Å²) in [6.07, 6.45) is 1.89.